The standard InChI is InChI=1S/C13H14ClN3/c14-10-3-1-2-9(6-10)13-16-8-12-7-11(15)4-5-17(12)13/h1-3,6,8,11H,4-5,7,15H2. The molecule has 4 heteroatoms. The quantitative estimate of drug-likeness (QED) is 0.841. The molecule has 0 fully saturated rings. The number of benzene rings is 1. The van der Waals surface area contributed by atoms with E-state index in [0.29, 0.717) is 0 Å². The zero-order valence-corrected chi connectivity index (χ0v) is 10.2. The third-order valence-electron chi connectivity index (χ3n) is 3.22. The molecule has 2 N–H and O–H groups in total. The first-order chi connectivity index (χ1) is 8.24. The Bertz CT molecular complexity index is 547. The largest absolute Gasteiger partial charge is 0.328 e. The Labute approximate surface area is 105 Å². The van der Waals surface area contributed by atoms with Crippen molar-refractivity contribution >= 4 is 11.6 Å². The summed E-state index contributed by atoms with van der Waals surface area (Å²) >= 11 is 6.01. The molecule has 0 saturated heterocycles. The molecule has 2 heterocycles. The van der Waals surface area contributed by atoms with Crippen LogP contribution in [0.5, 0.6) is 0 Å². The van der Waals surface area contributed by atoms with E-state index >= 15 is 0 Å². The van der Waals surface area contributed by atoms with Gasteiger partial charge in [-0.3, -0.25) is 0 Å². The van der Waals surface area contributed by atoms with Crippen molar-refractivity contribution in [2.24, 2.45) is 5.73 Å². The van der Waals surface area contributed by atoms with Crippen LogP contribution in [-0.2, 0) is 13.0 Å². The SMILES string of the molecule is NC1CCn2c(cnc2-c2cccc(Cl)c2)C1. The van der Waals surface area contributed by atoms with Gasteiger partial charge in [-0.2, -0.15) is 0 Å². The van der Waals surface area contributed by atoms with Crippen molar-refractivity contribution in [1.82, 2.24) is 9.55 Å². The van der Waals surface area contributed by atoms with Gasteiger partial charge in [0.05, 0.1) is 0 Å². The first-order valence-electron chi connectivity index (χ1n) is 5.80. The Kier molecular flexibility index (Phi) is 2.65. The highest BCUT2D eigenvalue weighted by Crippen LogP contribution is 2.25. The molecule has 3 rings (SSSR count). The summed E-state index contributed by atoms with van der Waals surface area (Å²) in [6.07, 6.45) is 3.85. The Morgan fingerprint density at radius 1 is 1.41 bits per heavy atom. The number of aromatic nitrogens is 2. The maximum Gasteiger partial charge on any atom is 0.140 e. The second-order valence-corrected chi connectivity index (χ2v) is 4.92. The van der Waals surface area contributed by atoms with E-state index in [0.717, 1.165) is 35.8 Å². The molecule has 1 aliphatic heterocycles. The van der Waals surface area contributed by atoms with E-state index in [1.54, 1.807) is 0 Å². The predicted octanol–water partition coefficient (Wildman–Crippen LogP) is 2.48. The van der Waals surface area contributed by atoms with Crippen molar-refractivity contribution in [3.63, 3.8) is 0 Å². The summed E-state index contributed by atoms with van der Waals surface area (Å²) in [6, 6.07) is 8.09. The second-order valence-electron chi connectivity index (χ2n) is 4.49. The van der Waals surface area contributed by atoms with Crippen LogP contribution in [0.3, 0.4) is 0 Å². The molecule has 0 aliphatic carbocycles. The fraction of sp³-hybridized carbons (Fsp3) is 0.308. The fourth-order valence-corrected chi connectivity index (χ4v) is 2.54. The summed E-state index contributed by atoms with van der Waals surface area (Å²) in [6.45, 7) is 0.943. The molecular weight excluding hydrogens is 234 g/mol. The first-order valence-corrected chi connectivity index (χ1v) is 6.18. The summed E-state index contributed by atoms with van der Waals surface area (Å²) in [7, 11) is 0. The summed E-state index contributed by atoms with van der Waals surface area (Å²) in [4.78, 5) is 4.49. The number of halogens is 1. The Morgan fingerprint density at radius 2 is 2.29 bits per heavy atom. The molecule has 2 aromatic rings. The van der Waals surface area contributed by atoms with Crippen LogP contribution in [0.25, 0.3) is 11.4 Å². The van der Waals surface area contributed by atoms with E-state index in [-0.39, 0.29) is 6.04 Å². The highest BCUT2D eigenvalue weighted by atomic mass is 35.5. The highest BCUT2D eigenvalue weighted by Gasteiger charge is 2.19. The van der Waals surface area contributed by atoms with Gasteiger partial charge < -0.3 is 10.3 Å². The number of hydrogen-bond acceptors (Lipinski definition) is 2. The van der Waals surface area contributed by atoms with E-state index in [9.17, 15) is 0 Å². The van der Waals surface area contributed by atoms with Gasteiger partial charge in [0, 0.05) is 41.5 Å². The minimum absolute atomic E-state index is 0.270. The number of imidazole rings is 1. The van der Waals surface area contributed by atoms with Crippen molar-refractivity contribution < 1.29 is 0 Å². The summed E-state index contributed by atoms with van der Waals surface area (Å²) < 4.78 is 2.25. The molecule has 0 amide bonds. The van der Waals surface area contributed by atoms with Crippen LogP contribution < -0.4 is 5.73 Å². The number of rotatable bonds is 1. The van der Waals surface area contributed by atoms with Gasteiger partial charge in [-0.25, -0.2) is 4.98 Å². The van der Waals surface area contributed by atoms with E-state index in [4.69, 9.17) is 17.3 Å². The van der Waals surface area contributed by atoms with Gasteiger partial charge in [0.15, 0.2) is 0 Å². The van der Waals surface area contributed by atoms with E-state index in [1.807, 2.05) is 30.5 Å². The van der Waals surface area contributed by atoms with Crippen molar-refractivity contribution in [3.05, 3.63) is 41.2 Å². The molecule has 1 atom stereocenters. The van der Waals surface area contributed by atoms with Gasteiger partial charge in [-0.1, -0.05) is 23.7 Å². The predicted molar refractivity (Wildman–Crippen MR) is 69.0 cm³/mol. The van der Waals surface area contributed by atoms with Gasteiger partial charge in [0.1, 0.15) is 5.82 Å². The molecule has 1 aromatic carbocycles. The first kappa shape index (κ1) is 10.8. The van der Waals surface area contributed by atoms with Crippen LogP contribution in [-0.4, -0.2) is 15.6 Å². The van der Waals surface area contributed by atoms with Crippen molar-refractivity contribution in [1.29, 1.82) is 0 Å². The molecule has 1 aromatic heterocycles. The maximum absolute atomic E-state index is 6.01. The summed E-state index contributed by atoms with van der Waals surface area (Å²) in [5, 5.41) is 0.743. The van der Waals surface area contributed by atoms with Crippen LogP contribution in [0.1, 0.15) is 12.1 Å². The molecule has 0 bridgehead atoms. The average molecular weight is 248 g/mol. The number of hydrogen-bond donors (Lipinski definition) is 1. The zero-order valence-electron chi connectivity index (χ0n) is 9.44. The van der Waals surface area contributed by atoms with Gasteiger partial charge in [-0.05, 0) is 18.6 Å². The van der Waals surface area contributed by atoms with Crippen LogP contribution >= 0.6 is 11.6 Å². The van der Waals surface area contributed by atoms with E-state index in [1.165, 1.54) is 5.69 Å². The van der Waals surface area contributed by atoms with Crippen molar-refractivity contribution in [2.45, 2.75) is 25.4 Å². The van der Waals surface area contributed by atoms with Crippen LogP contribution in [0.2, 0.25) is 5.02 Å². The van der Waals surface area contributed by atoms with Gasteiger partial charge >= 0.3 is 0 Å². The van der Waals surface area contributed by atoms with E-state index in [2.05, 4.69) is 9.55 Å². The number of fused-ring (bicyclic) bond motifs is 1. The van der Waals surface area contributed by atoms with Crippen LogP contribution in [0.15, 0.2) is 30.5 Å². The topological polar surface area (TPSA) is 43.8 Å². The number of nitrogens with two attached hydrogens (primary N) is 1. The molecular formula is C13H14ClN3. The van der Waals surface area contributed by atoms with Crippen LogP contribution in [0.4, 0.5) is 0 Å². The smallest absolute Gasteiger partial charge is 0.140 e. The molecule has 0 spiro atoms. The lowest BCUT2D eigenvalue weighted by atomic mass is 10.1. The Hall–Kier alpha value is -1.32. The monoisotopic (exact) mass is 247 g/mol. The minimum atomic E-state index is 0.270. The molecule has 3 nitrogen and oxygen atoms in total. The lowest BCUT2D eigenvalue weighted by Crippen LogP contribution is -2.30. The fourth-order valence-electron chi connectivity index (χ4n) is 2.35. The number of nitrogens with zero attached hydrogens (tertiary/aromatic N) is 2. The Balaban J connectivity index is 2.05. The minimum Gasteiger partial charge on any atom is -0.328 e. The van der Waals surface area contributed by atoms with Gasteiger partial charge in [-0.15, -0.1) is 0 Å². The maximum atomic E-state index is 6.01. The molecule has 88 valence electrons. The lowest BCUT2D eigenvalue weighted by molar-refractivity contribution is 0.474. The van der Waals surface area contributed by atoms with Crippen LogP contribution in [0, 0.1) is 0 Å². The lowest BCUT2D eigenvalue weighted by Gasteiger charge is -2.21. The third kappa shape index (κ3) is 1.96. The van der Waals surface area contributed by atoms with Gasteiger partial charge in [0.2, 0.25) is 0 Å². The summed E-state index contributed by atoms with van der Waals surface area (Å²) in [5.41, 5.74) is 8.25. The van der Waals surface area contributed by atoms with Crippen molar-refractivity contribution in [2.75, 3.05) is 0 Å². The third-order valence-corrected chi connectivity index (χ3v) is 3.45. The zero-order chi connectivity index (χ0) is 11.8. The highest BCUT2D eigenvalue weighted by molar-refractivity contribution is 6.30. The normalized spacial score (nSPS) is 19.1. The molecule has 0 radical (unpaired) electrons. The second kappa shape index (κ2) is 4.17. The molecule has 17 heavy (non-hydrogen) atoms. The Morgan fingerprint density at radius 3 is 3.12 bits per heavy atom. The van der Waals surface area contributed by atoms with E-state index < -0.39 is 0 Å². The summed E-state index contributed by atoms with van der Waals surface area (Å²) in [5.74, 6) is 0.995. The molecule has 0 saturated carbocycles. The average Bonchev–Trinajstić information content (AvgIpc) is 2.71. The van der Waals surface area contributed by atoms with Crippen molar-refractivity contribution in [3.8, 4) is 11.4 Å². The van der Waals surface area contributed by atoms with Gasteiger partial charge in [0.25, 0.3) is 0 Å². The molecule has 1 unspecified atom stereocenters. The molecule has 1 aliphatic rings.